The van der Waals surface area contributed by atoms with Crippen LogP contribution >= 0.6 is 23.1 Å². The van der Waals surface area contributed by atoms with E-state index >= 15 is 0 Å². The molecule has 130 valence electrons. The van der Waals surface area contributed by atoms with Crippen LogP contribution in [0.15, 0.2) is 65.8 Å². The van der Waals surface area contributed by atoms with Crippen molar-refractivity contribution in [2.45, 2.75) is 5.16 Å². The number of nitrogens with zero attached hydrogens (tertiary/aromatic N) is 6. The third-order valence-corrected chi connectivity index (χ3v) is 4.97. The molecule has 8 nitrogen and oxygen atoms in total. The topological polar surface area (TPSA) is 90.5 Å². The van der Waals surface area contributed by atoms with Crippen molar-refractivity contribution in [2.24, 2.45) is 0 Å². The highest BCUT2D eigenvalue weighted by Crippen LogP contribution is 2.24. The van der Waals surface area contributed by atoms with Crippen molar-refractivity contribution in [1.82, 2.24) is 29.5 Å². The second-order valence-corrected chi connectivity index (χ2v) is 6.93. The lowest BCUT2D eigenvalue weighted by Crippen LogP contribution is -2.15. The summed E-state index contributed by atoms with van der Waals surface area (Å²) < 4.78 is 3.71. The lowest BCUT2D eigenvalue weighted by Gasteiger charge is -2.10. The quantitative estimate of drug-likeness (QED) is 0.515. The van der Waals surface area contributed by atoms with E-state index in [0.717, 1.165) is 5.56 Å². The smallest absolute Gasteiger partial charge is 0.236 e. The van der Waals surface area contributed by atoms with Crippen LogP contribution in [0.25, 0.3) is 11.4 Å². The summed E-state index contributed by atoms with van der Waals surface area (Å²) >= 11 is 2.68. The van der Waals surface area contributed by atoms with Gasteiger partial charge in [0.25, 0.3) is 0 Å². The van der Waals surface area contributed by atoms with Crippen LogP contribution < -0.4 is 5.32 Å². The average molecular weight is 383 g/mol. The number of amides is 1. The van der Waals surface area contributed by atoms with Crippen LogP contribution in [0.5, 0.6) is 0 Å². The lowest BCUT2D eigenvalue weighted by molar-refractivity contribution is -0.113. The van der Waals surface area contributed by atoms with E-state index in [1.54, 1.807) is 18.6 Å². The van der Waals surface area contributed by atoms with Gasteiger partial charge in [-0.2, -0.15) is 0 Å². The third kappa shape index (κ3) is 3.51. The number of aromatic nitrogens is 6. The van der Waals surface area contributed by atoms with Gasteiger partial charge in [0.05, 0.1) is 5.75 Å². The van der Waals surface area contributed by atoms with Crippen molar-refractivity contribution in [2.75, 3.05) is 11.1 Å². The van der Waals surface area contributed by atoms with Gasteiger partial charge < -0.3 is 5.32 Å². The Morgan fingerprint density at radius 3 is 2.81 bits per heavy atom. The van der Waals surface area contributed by atoms with Crippen molar-refractivity contribution >= 4 is 34.1 Å². The van der Waals surface area contributed by atoms with E-state index < -0.39 is 0 Å². The van der Waals surface area contributed by atoms with Gasteiger partial charge in [0.1, 0.15) is 0 Å². The maximum Gasteiger partial charge on any atom is 0.236 e. The summed E-state index contributed by atoms with van der Waals surface area (Å²) in [7, 11) is 0. The number of anilines is 1. The maximum atomic E-state index is 12.1. The minimum atomic E-state index is -0.144. The molecular formula is C16H13N7OS2. The normalized spacial score (nSPS) is 10.8. The van der Waals surface area contributed by atoms with E-state index in [0.29, 0.717) is 16.1 Å². The van der Waals surface area contributed by atoms with Crippen molar-refractivity contribution < 1.29 is 4.79 Å². The molecule has 0 saturated heterocycles. The number of hydrogen-bond acceptors (Lipinski definition) is 7. The Morgan fingerprint density at radius 2 is 2.08 bits per heavy atom. The highest BCUT2D eigenvalue weighted by atomic mass is 32.2. The summed E-state index contributed by atoms with van der Waals surface area (Å²) in [4.78, 5) is 20.3. The first kappa shape index (κ1) is 16.5. The molecule has 0 aromatic carbocycles. The van der Waals surface area contributed by atoms with E-state index in [4.69, 9.17) is 0 Å². The highest BCUT2D eigenvalue weighted by Gasteiger charge is 2.17. The molecule has 0 radical (unpaired) electrons. The van der Waals surface area contributed by atoms with E-state index in [1.807, 2.05) is 51.4 Å². The third-order valence-electron chi connectivity index (χ3n) is 3.36. The SMILES string of the molecule is O=C(CSc1nnc(-c2cccnc2)n1-n1cccc1)Nc1nccs1. The van der Waals surface area contributed by atoms with Crippen LogP contribution in [0.1, 0.15) is 0 Å². The second kappa shape index (κ2) is 7.50. The maximum absolute atomic E-state index is 12.1. The van der Waals surface area contributed by atoms with Gasteiger partial charge >= 0.3 is 0 Å². The molecule has 0 aliphatic carbocycles. The van der Waals surface area contributed by atoms with Crippen LogP contribution in [-0.4, -0.2) is 41.2 Å². The summed E-state index contributed by atoms with van der Waals surface area (Å²) in [5.74, 6) is 0.707. The fourth-order valence-electron chi connectivity index (χ4n) is 2.27. The van der Waals surface area contributed by atoms with Crippen molar-refractivity contribution in [3.63, 3.8) is 0 Å². The summed E-state index contributed by atoms with van der Waals surface area (Å²) in [6.07, 6.45) is 8.87. The Balaban J connectivity index is 1.58. The monoisotopic (exact) mass is 383 g/mol. The lowest BCUT2D eigenvalue weighted by atomic mass is 10.3. The van der Waals surface area contributed by atoms with Crippen LogP contribution in [0.3, 0.4) is 0 Å². The zero-order chi connectivity index (χ0) is 17.8. The van der Waals surface area contributed by atoms with Gasteiger partial charge in [0.2, 0.25) is 11.1 Å². The Kier molecular flexibility index (Phi) is 4.75. The number of carbonyl (C=O) groups is 1. The zero-order valence-electron chi connectivity index (χ0n) is 13.4. The minimum Gasteiger partial charge on any atom is -0.301 e. The minimum absolute atomic E-state index is 0.144. The van der Waals surface area contributed by atoms with Crippen LogP contribution in [0.2, 0.25) is 0 Å². The number of rotatable bonds is 6. The van der Waals surface area contributed by atoms with E-state index in [-0.39, 0.29) is 11.7 Å². The molecule has 4 rings (SSSR count). The summed E-state index contributed by atoms with van der Waals surface area (Å²) in [5, 5.41) is 14.3. The van der Waals surface area contributed by atoms with Crippen LogP contribution in [0.4, 0.5) is 5.13 Å². The van der Waals surface area contributed by atoms with Gasteiger partial charge in [-0.25, -0.2) is 9.66 Å². The first-order valence-electron chi connectivity index (χ1n) is 7.63. The molecule has 0 atom stereocenters. The van der Waals surface area contributed by atoms with Crippen molar-refractivity contribution in [3.05, 3.63) is 60.6 Å². The van der Waals surface area contributed by atoms with Gasteiger partial charge in [-0.3, -0.25) is 14.5 Å². The van der Waals surface area contributed by atoms with E-state index in [9.17, 15) is 4.79 Å². The second-order valence-electron chi connectivity index (χ2n) is 5.10. The highest BCUT2D eigenvalue weighted by molar-refractivity contribution is 7.99. The number of thioether (sulfide) groups is 1. The van der Waals surface area contributed by atoms with Gasteiger partial charge in [0, 0.05) is 41.9 Å². The fraction of sp³-hybridized carbons (Fsp3) is 0.0625. The molecule has 0 saturated carbocycles. The first-order valence-corrected chi connectivity index (χ1v) is 9.49. The average Bonchev–Trinajstić information content (AvgIpc) is 3.41. The summed E-state index contributed by atoms with van der Waals surface area (Å²) in [6, 6.07) is 7.59. The molecular weight excluding hydrogens is 370 g/mol. The molecule has 4 heterocycles. The van der Waals surface area contributed by atoms with E-state index in [2.05, 4.69) is 25.5 Å². The Bertz CT molecular complexity index is 981. The molecule has 0 aliphatic rings. The van der Waals surface area contributed by atoms with Crippen molar-refractivity contribution in [3.8, 4) is 11.4 Å². The van der Waals surface area contributed by atoms with Gasteiger partial charge in [-0.1, -0.05) is 11.8 Å². The zero-order valence-corrected chi connectivity index (χ0v) is 15.0. The molecule has 4 aromatic heterocycles. The number of nitrogens with one attached hydrogen (secondary N) is 1. The van der Waals surface area contributed by atoms with Gasteiger partial charge in [-0.05, 0) is 24.3 Å². The molecule has 1 amide bonds. The molecule has 26 heavy (non-hydrogen) atoms. The van der Waals surface area contributed by atoms with Crippen molar-refractivity contribution in [1.29, 1.82) is 0 Å². The Morgan fingerprint density at radius 1 is 1.19 bits per heavy atom. The number of carbonyl (C=O) groups excluding carboxylic acids is 1. The van der Waals surface area contributed by atoms with E-state index in [1.165, 1.54) is 23.1 Å². The first-order chi connectivity index (χ1) is 12.8. The molecule has 4 aromatic rings. The molecule has 0 spiro atoms. The fourth-order valence-corrected chi connectivity index (χ4v) is 3.55. The molecule has 10 heteroatoms. The predicted octanol–water partition coefficient (Wildman–Crippen LogP) is 2.64. The number of hydrogen-bond donors (Lipinski definition) is 1. The Hall–Kier alpha value is -2.98. The van der Waals surface area contributed by atoms with Crippen LogP contribution in [-0.2, 0) is 4.79 Å². The molecule has 1 N–H and O–H groups in total. The summed E-state index contributed by atoms with van der Waals surface area (Å²) in [5.41, 5.74) is 0.841. The van der Waals surface area contributed by atoms with Gasteiger partial charge in [0.15, 0.2) is 11.0 Å². The Labute approximate surface area is 156 Å². The van der Waals surface area contributed by atoms with Crippen LogP contribution in [0, 0.1) is 0 Å². The largest absolute Gasteiger partial charge is 0.301 e. The predicted molar refractivity (Wildman–Crippen MR) is 99.9 cm³/mol. The number of pyridine rings is 1. The summed E-state index contributed by atoms with van der Waals surface area (Å²) in [6.45, 7) is 0. The standard InChI is InChI=1S/C16H13N7OS2/c24-13(19-15-18-6-9-25-15)11-26-16-21-20-14(12-4-3-5-17-10-12)23(16)22-7-1-2-8-22/h1-10H,11H2,(H,18,19,24). The molecule has 0 bridgehead atoms. The molecule has 0 fully saturated rings. The molecule has 0 aliphatic heterocycles. The number of thiazole rings is 1. The van der Waals surface area contributed by atoms with Gasteiger partial charge in [-0.15, -0.1) is 21.5 Å². The molecule has 0 unspecified atom stereocenters.